The van der Waals surface area contributed by atoms with Gasteiger partial charge in [0.15, 0.2) is 5.78 Å². The summed E-state index contributed by atoms with van der Waals surface area (Å²) in [5, 5.41) is 8.92. The molecule has 4 heteroatoms. The zero-order valence-corrected chi connectivity index (χ0v) is 9.72. The number of alkyl halides is 1. The molecule has 0 heterocycles. The van der Waals surface area contributed by atoms with Crippen molar-refractivity contribution >= 4 is 37.6 Å². The first-order valence-corrected chi connectivity index (χ1v) is 5.38. The third-order valence-electron chi connectivity index (χ3n) is 1.47. The molecule has 0 spiro atoms. The molecular weight excluding hydrogens is 298 g/mol. The summed E-state index contributed by atoms with van der Waals surface area (Å²) in [7, 11) is 0. The SMILES string of the molecule is N#Cc1cc(Br)cc(C(=O)CBr)c1. The van der Waals surface area contributed by atoms with Gasteiger partial charge in [0, 0.05) is 10.0 Å². The topological polar surface area (TPSA) is 40.9 Å². The molecule has 0 atom stereocenters. The number of benzene rings is 1. The Bertz CT molecular complexity index is 382. The van der Waals surface area contributed by atoms with E-state index in [4.69, 9.17) is 5.26 Å². The maximum absolute atomic E-state index is 11.3. The first-order valence-electron chi connectivity index (χ1n) is 3.47. The Morgan fingerprint density at radius 3 is 2.69 bits per heavy atom. The lowest BCUT2D eigenvalue weighted by molar-refractivity contribution is 0.102. The fourth-order valence-electron chi connectivity index (χ4n) is 0.892. The van der Waals surface area contributed by atoms with E-state index in [2.05, 4.69) is 31.9 Å². The summed E-state index contributed by atoms with van der Waals surface area (Å²) in [5.41, 5.74) is 1.03. The number of carbonyl (C=O) groups excluding carboxylic acids is 1. The molecule has 0 radical (unpaired) electrons. The van der Waals surface area contributed by atoms with Gasteiger partial charge in [-0.05, 0) is 18.2 Å². The Balaban J connectivity index is 3.17. The average Bonchev–Trinajstić information content (AvgIpc) is 2.15. The number of hydrogen-bond acceptors (Lipinski definition) is 2. The van der Waals surface area contributed by atoms with Crippen LogP contribution in [0, 0.1) is 11.3 Å². The van der Waals surface area contributed by atoms with Gasteiger partial charge in [0.1, 0.15) is 0 Å². The molecule has 0 fully saturated rings. The molecular formula is C9H5Br2NO. The van der Waals surface area contributed by atoms with Crippen LogP contribution in [0.5, 0.6) is 0 Å². The maximum atomic E-state index is 11.3. The fraction of sp³-hybridized carbons (Fsp3) is 0.111. The highest BCUT2D eigenvalue weighted by molar-refractivity contribution is 9.10. The van der Waals surface area contributed by atoms with Gasteiger partial charge in [-0.15, -0.1) is 0 Å². The van der Waals surface area contributed by atoms with Gasteiger partial charge in [-0.1, -0.05) is 31.9 Å². The lowest BCUT2D eigenvalue weighted by Gasteiger charge is -1.98. The number of nitrogens with zero attached hydrogens (tertiary/aromatic N) is 1. The third kappa shape index (κ3) is 2.64. The van der Waals surface area contributed by atoms with Crippen molar-refractivity contribution in [3.8, 4) is 6.07 Å². The summed E-state index contributed by atoms with van der Waals surface area (Å²) >= 11 is 6.31. The number of rotatable bonds is 2. The predicted molar refractivity (Wildman–Crippen MR) is 57.0 cm³/mol. The molecule has 1 aromatic rings. The zero-order chi connectivity index (χ0) is 9.84. The first kappa shape index (κ1) is 10.4. The summed E-state index contributed by atoms with van der Waals surface area (Å²) in [6, 6.07) is 6.94. The molecule has 0 unspecified atom stereocenters. The molecule has 0 bridgehead atoms. The number of nitriles is 1. The third-order valence-corrected chi connectivity index (χ3v) is 2.44. The van der Waals surface area contributed by atoms with Crippen LogP contribution in [0.2, 0.25) is 0 Å². The van der Waals surface area contributed by atoms with Crippen molar-refractivity contribution in [1.29, 1.82) is 5.26 Å². The van der Waals surface area contributed by atoms with Crippen molar-refractivity contribution in [3.05, 3.63) is 33.8 Å². The molecule has 0 amide bonds. The maximum Gasteiger partial charge on any atom is 0.173 e. The number of ketones is 1. The van der Waals surface area contributed by atoms with Crippen LogP contribution < -0.4 is 0 Å². The Morgan fingerprint density at radius 2 is 2.15 bits per heavy atom. The van der Waals surface area contributed by atoms with Crippen molar-refractivity contribution < 1.29 is 4.79 Å². The molecule has 1 aromatic carbocycles. The van der Waals surface area contributed by atoms with E-state index in [0.29, 0.717) is 11.1 Å². The highest BCUT2D eigenvalue weighted by Crippen LogP contribution is 2.16. The van der Waals surface area contributed by atoms with Gasteiger partial charge < -0.3 is 0 Å². The van der Waals surface area contributed by atoms with Crippen LogP contribution in [0.1, 0.15) is 15.9 Å². The second kappa shape index (κ2) is 4.54. The van der Waals surface area contributed by atoms with Gasteiger partial charge >= 0.3 is 0 Å². The van der Waals surface area contributed by atoms with Crippen molar-refractivity contribution in [3.63, 3.8) is 0 Å². The normalized spacial score (nSPS) is 9.31. The number of Topliss-reactive ketones (excluding diaryl/α,β-unsaturated/α-hetero) is 1. The van der Waals surface area contributed by atoms with Crippen LogP contribution in [-0.2, 0) is 0 Å². The monoisotopic (exact) mass is 301 g/mol. The molecule has 0 saturated heterocycles. The molecule has 1 rings (SSSR count). The van der Waals surface area contributed by atoms with E-state index in [0.717, 1.165) is 4.47 Å². The summed E-state index contributed by atoms with van der Waals surface area (Å²) in [5.74, 6) is -0.0298. The molecule has 0 aliphatic carbocycles. The van der Waals surface area contributed by atoms with Crippen molar-refractivity contribution in [2.45, 2.75) is 0 Å². The van der Waals surface area contributed by atoms with Crippen LogP contribution in [-0.4, -0.2) is 11.1 Å². The second-order valence-corrected chi connectivity index (χ2v) is 3.87. The van der Waals surface area contributed by atoms with Gasteiger partial charge in [0.2, 0.25) is 0 Å². The minimum absolute atomic E-state index is 0.0298. The lowest BCUT2D eigenvalue weighted by Crippen LogP contribution is -2.00. The zero-order valence-electron chi connectivity index (χ0n) is 6.55. The average molecular weight is 303 g/mol. The van der Waals surface area contributed by atoms with Crippen LogP contribution in [0.4, 0.5) is 0 Å². The lowest BCUT2D eigenvalue weighted by atomic mass is 10.1. The minimum Gasteiger partial charge on any atom is -0.293 e. The molecule has 0 saturated carbocycles. The standard InChI is InChI=1S/C9H5Br2NO/c10-4-9(13)7-1-6(5-12)2-8(11)3-7/h1-3H,4H2. The number of hydrogen-bond donors (Lipinski definition) is 0. The van der Waals surface area contributed by atoms with E-state index < -0.39 is 0 Å². The predicted octanol–water partition coefficient (Wildman–Crippen LogP) is 2.90. The van der Waals surface area contributed by atoms with E-state index in [1.54, 1.807) is 18.2 Å². The molecule has 2 nitrogen and oxygen atoms in total. The molecule has 66 valence electrons. The molecule has 0 aromatic heterocycles. The Morgan fingerprint density at radius 1 is 1.46 bits per heavy atom. The molecule has 0 aliphatic heterocycles. The summed E-state index contributed by atoms with van der Waals surface area (Å²) in [6.07, 6.45) is 0. The molecule has 0 aliphatic rings. The van der Waals surface area contributed by atoms with E-state index in [-0.39, 0.29) is 11.1 Å². The number of halogens is 2. The van der Waals surface area contributed by atoms with Gasteiger partial charge in [0.05, 0.1) is 17.0 Å². The van der Waals surface area contributed by atoms with E-state index in [1.807, 2.05) is 6.07 Å². The first-order chi connectivity index (χ1) is 6.17. The van der Waals surface area contributed by atoms with Gasteiger partial charge in [-0.2, -0.15) is 5.26 Å². The molecule has 0 N–H and O–H groups in total. The van der Waals surface area contributed by atoms with Crippen molar-refractivity contribution in [2.75, 3.05) is 5.33 Å². The van der Waals surface area contributed by atoms with Crippen molar-refractivity contribution in [1.82, 2.24) is 0 Å². The van der Waals surface area contributed by atoms with Crippen LogP contribution in [0.15, 0.2) is 22.7 Å². The van der Waals surface area contributed by atoms with Crippen molar-refractivity contribution in [2.24, 2.45) is 0 Å². The summed E-state index contributed by atoms with van der Waals surface area (Å²) < 4.78 is 0.746. The second-order valence-electron chi connectivity index (χ2n) is 2.40. The van der Waals surface area contributed by atoms with E-state index in [1.165, 1.54) is 0 Å². The van der Waals surface area contributed by atoms with Gasteiger partial charge in [-0.3, -0.25) is 4.79 Å². The fourth-order valence-corrected chi connectivity index (χ4v) is 1.71. The van der Waals surface area contributed by atoms with E-state index in [9.17, 15) is 4.79 Å². The van der Waals surface area contributed by atoms with Gasteiger partial charge in [0.25, 0.3) is 0 Å². The smallest absolute Gasteiger partial charge is 0.173 e. The Kier molecular flexibility index (Phi) is 3.64. The summed E-state index contributed by atoms with van der Waals surface area (Å²) in [6.45, 7) is 0. The van der Waals surface area contributed by atoms with E-state index >= 15 is 0 Å². The minimum atomic E-state index is -0.0298. The number of carbonyl (C=O) groups is 1. The Hall–Kier alpha value is -0.660. The molecule has 13 heavy (non-hydrogen) atoms. The highest BCUT2D eigenvalue weighted by Gasteiger charge is 2.05. The highest BCUT2D eigenvalue weighted by atomic mass is 79.9. The summed E-state index contributed by atoms with van der Waals surface area (Å²) in [4.78, 5) is 11.3. The van der Waals surface area contributed by atoms with Crippen LogP contribution in [0.3, 0.4) is 0 Å². The Labute approximate surface area is 92.8 Å². The van der Waals surface area contributed by atoms with Crippen LogP contribution in [0.25, 0.3) is 0 Å². The van der Waals surface area contributed by atoms with Crippen LogP contribution >= 0.6 is 31.9 Å². The largest absolute Gasteiger partial charge is 0.293 e. The quantitative estimate of drug-likeness (QED) is 0.622. The van der Waals surface area contributed by atoms with Gasteiger partial charge in [-0.25, -0.2) is 0 Å².